The van der Waals surface area contributed by atoms with Crippen LogP contribution >= 0.6 is 45.3 Å². The SMILES string of the molecule is CC(=O)C1(N2CCOCC2)CCN(c2ccccc2NC(=O)c2csc(-c3cn[nH]c3)n2)CC1.CC1CCCN(c2ccccc2NC(=O)c2csc(-c3cn[nH]c3)n2)CC1.CNC1(C(C)=O)CCN(c2cc(F)c(NC(C)=O)cc2NC(=O)c2csc(-c3cn[nH]c3)n2)CC1.CNC1(C(C)=O)CCN(c2cc(F)ccc2NC(=O)c2csc(-c3cn[nH]c3)n2)CC1. The number of carbonyl (C=O) groups excluding carboxylic acids is 8. The summed E-state index contributed by atoms with van der Waals surface area (Å²) in [6.07, 6.45) is 21.0. The van der Waals surface area contributed by atoms with Gasteiger partial charge in [-0.25, -0.2) is 28.7 Å². The number of H-pyrrole nitrogens is 4. The fourth-order valence-electron chi connectivity index (χ4n) is 16.4. The predicted molar refractivity (Wildman–Crippen MR) is 491 cm³/mol. The minimum absolute atomic E-state index is 0.0424. The van der Waals surface area contributed by atoms with Crippen LogP contribution in [0.25, 0.3) is 42.3 Å². The first-order chi connectivity index (χ1) is 61.4. The van der Waals surface area contributed by atoms with Crippen LogP contribution < -0.4 is 56.8 Å². The number of hydrogen-bond acceptors (Lipinski definition) is 28. The van der Waals surface area contributed by atoms with E-state index in [1.165, 1.54) is 95.8 Å². The number of aromatic nitrogens is 12. The van der Waals surface area contributed by atoms with Gasteiger partial charge in [0.2, 0.25) is 5.91 Å². The molecule has 17 rings (SSSR count). The highest BCUT2D eigenvalue weighted by molar-refractivity contribution is 7.14. The number of rotatable bonds is 23. The second-order valence-electron chi connectivity index (χ2n) is 31.6. The number of thiazole rings is 4. The van der Waals surface area contributed by atoms with E-state index in [-0.39, 0.29) is 58.0 Å². The van der Waals surface area contributed by atoms with Gasteiger partial charge in [0.25, 0.3) is 23.6 Å². The number of carbonyl (C=O) groups is 8. The van der Waals surface area contributed by atoms with Crippen LogP contribution in [0.3, 0.4) is 0 Å². The number of piperidine rings is 3. The van der Waals surface area contributed by atoms with Gasteiger partial charge in [0, 0.05) is 147 Å². The van der Waals surface area contributed by atoms with Gasteiger partial charge in [-0.15, -0.1) is 45.3 Å². The Morgan fingerprint density at radius 1 is 0.417 bits per heavy atom. The average molecular weight is 1800 g/mol. The monoisotopic (exact) mass is 1800 g/mol. The van der Waals surface area contributed by atoms with Gasteiger partial charge in [-0.3, -0.25) is 63.7 Å². The first kappa shape index (κ1) is 90.7. The highest BCUT2D eigenvalue weighted by Crippen LogP contribution is 2.41. The first-order valence-corrected chi connectivity index (χ1v) is 45.3. The number of hydrogen-bond donors (Lipinski definition) is 11. The summed E-state index contributed by atoms with van der Waals surface area (Å²) in [6.45, 7) is 17.0. The molecule has 0 aliphatic carbocycles. The van der Waals surface area contributed by atoms with E-state index in [1.807, 2.05) is 52.3 Å². The molecule has 0 bridgehead atoms. The summed E-state index contributed by atoms with van der Waals surface area (Å²) < 4.78 is 34.4. The lowest BCUT2D eigenvalue weighted by atomic mass is 9.81. The molecule has 1 unspecified atom stereocenters. The standard InChI is InChI=1S/C24H28N6O3S.C23H26FN7O3S.C21H23FN6O2S.C20H23N5OS/c1-17(31)24(30-10-12-33-13-11-30)6-8-29(9-7-24)21-5-3-2-4-19(21)27-22(32)20-16-34-23(28-20)18-14-25-26-15-18;1-13(32)23(25-3)4-6-31(7-5-23)20-8-16(24)17(28-14(2)33)9-18(20)29-21(34)19-12-35-22(30-19)15-10-26-27-11-15;1-13(29)21(23-2)5-7-28(8-6-21)18-9-15(22)3-4-16(18)26-19(30)17-12-31-20(27-17)14-10-24-25-11-14;1-14-5-4-9-25(10-8-14)18-7-3-2-6-16(18)23-19(26)17-13-27-20(24-17)15-11-21-22-12-15/h2-5,14-16H,6-13H2,1H3,(H,25,26)(H,27,32);8-12,25H,4-7H2,1-3H3,(H,26,27)(H,28,33)(H,29,34);3-4,9-12,23H,5-8H2,1-2H3,(H,24,25)(H,26,30);2-3,6-7,11-14H,4-5,8-10H2,1H3,(H,21,22)(H,23,26). The number of ketones is 3. The molecule has 39 heteroatoms. The van der Waals surface area contributed by atoms with Crippen LogP contribution in [0.1, 0.15) is 134 Å². The van der Waals surface area contributed by atoms with Crippen LogP contribution in [-0.2, 0) is 23.9 Å². The Balaban J connectivity index is 0.000000138. The maximum absolute atomic E-state index is 14.9. The van der Waals surface area contributed by atoms with E-state index in [0.717, 1.165) is 113 Å². The molecule has 8 aromatic heterocycles. The summed E-state index contributed by atoms with van der Waals surface area (Å²) in [5.74, 6) is -1.58. The molecule has 13 heterocycles. The smallest absolute Gasteiger partial charge is 0.275 e. The predicted octanol–water partition coefficient (Wildman–Crippen LogP) is 13.6. The zero-order valence-electron chi connectivity index (χ0n) is 71.2. The number of para-hydroxylation sites is 4. The van der Waals surface area contributed by atoms with Crippen LogP contribution in [-0.4, -0.2) is 222 Å². The molecule has 1 atom stereocenters. The molecular weight excluding hydrogens is 1700 g/mol. The number of ether oxygens (including phenoxy) is 1. The molecule has 5 aliphatic rings. The van der Waals surface area contributed by atoms with Crippen LogP contribution in [0.2, 0.25) is 0 Å². The fraction of sp³-hybridized carbons (Fsp3) is 0.364. The number of amides is 5. The van der Waals surface area contributed by atoms with Gasteiger partial charge in [0.1, 0.15) is 71.8 Å². The van der Waals surface area contributed by atoms with Crippen molar-refractivity contribution in [3.8, 4) is 42.3 Å². The molecule has 127 heavy (non-hydrogen) atoms. The Bertz CT molecular complexity index is 5790. The summed E-state index contributed by atoms with van der Waals surface area (Å²) in [4.78, 5) is 129. The number of nitrogens with zero attached hydrogens (tertiary/aromatic N) is 13. The summed E-state index contributed by atoms with van der Waals surface area (Å²) in [6, 6.07) is 22.8. The van der Waals surface area contributed by atoms with Crippen LogP contribution in [0.4, 0.5) is 60.0 Å². The summed E-state index contributed by atoms with van der Waals surface area (Å²) in [5.41, 5.74) is 8.45. The van der Waals surface area contributed by atoms with Gasteiger partial charge in [-0.05, 0) is 147 Å². The van der Waals surface area contributed by atoms with Gasteiger partial charge in [-0.1, -0.05) is 31.2 Å². The van der Waals surface area contributed by atoms with E-state index in [1.54, 1.807) is 112 Å². The third-order valence-corrected chi connectivity index (χ3v) is 27.4. The Morgan fingerprint density at radius 3 is 1.18 bits per heavy atom. The molecule has 0 radical (unpaired) electrons. The fourth-order valence-corrected chi connectivity index (χ4v) is 19.5. The molecule has 5 fully saturated rings. The molecule has 5 amide bonds. The Morgan fingerprint density at radius 2 is 0.795 bits per heavy atom. The van der Waals surface area contributed by atoms with Crippen molar-refractivity contribution in [2.75, 3.05) is 139 Å². The van der Waals surface area contributed by atoms with Crippen LogP contribution in [0.5, 0.6) is 0 Å². The Labute approximate surface area is 747 Å². The molecule has 0 spiro atoms. The Hall–Kier alpha value is -12.5. The largest absolute Gasteiger partial charge is 0.379 e. The lowest BCUT2D eigenvalue weighted by Crippen LogP contribution is -2.62. The van der Waals surface area contributed by atoms with Crippen LogP contribution in [0.15, 0.2) is 150 Å². The maximum atomic E-state index is 14.9. The van der Waals surface area contributed by atoms with Gasteiger partial charge >= 0.3 is 0 Å². The normalized spacial score (nSPS) is 16.7. The minimum atomic E-state index is -0.626. The zero-order valence-corrected chi connectivity index (χ0v) is 74.5. The van der Waals surface area contributed by atoms with Crippen molar-refractivity contribution in [1.29, 1.82) is 0 Å². The van der Waals surface area contributed by atoms with Crippen molar-refractivity contribution in [1.82, 2.24) is 76.3 Å². The zero-order chi connectivity index (χ0) is 89.4. The lowest BCUT2D eigenvalue weighted by Gasteiger charge is -2.49. The van der Waals surface area contributed by atoms with E-state index in [0.29, 0.717) is 109 Å². The number of Topliss-reactive ketones (excluding diaryl/α,β-unsaturated/α-hetero) is 3. The van der Waals surface area contributed by atoms with Crippen molar-refractivity contribution in [2.24, 2.45) is 5.92 Å². The number of anilines is 9. The van der Waals surface area contributed by atoms with Crippen molar-refractivity contribution >= 4 is 143 Å². The van der Waals surface area contributed by atoms with Gasteiger partial charge < -0.3 is 61.6 Å². The lowest BCUT2D eigenvalue weighted by molar-refractivity contribution is -0.134. The molecule has 4 aromatic carbocycles. The van der Waals surface area contributed by atoms with Gasteiger partial charge in [-0.2, -0.15) is 20.4 Å². The molecule has 5 aliphatic heterocycles. The maximum Gasteiger partial charge on any atom is 0.275 e. The topological polar surface area (TPSA) is 412 Å². The summed E-state index contributed by atoms with van der Waals surface area (Å²) in [7, 11) is 3.55. The number of halogens is 2. The van der Waals surface area contributed by atoms with E-state index in [2.05, 4.69) is 126 Å². The van der Waals surface area contributed by atoms with Crippen molar-refractivity contribution in [2.45, 2.75) is 109 Å². The molecule has 12 aromatic rings. The Kier molecular flexibility index (Phi) is 29.5. The minimum Gasteiger partial charge on any atom is -0.379 e. The average Bonchev–Trinajstić information content (AvgIpc) is 0.897. The third kappa shape index (κ3) is 21.6. The number of aromatic amines is 4. The number of benzene rings is 4. The molecular formula is C88H100F2N24O9S4. The highest BCUT2D eigenvalue weighted by atomic mass is 32.1. The van der Waals surface area contributed by atoms with E-state index in [4.69, 9.17) is 4.74 Å². The molecule has 11 N–H and O–H groups in total. The van der Waals surface area contributed by atoms with Crippen molar-refractivity contribution in [3.05, 3.63) is 184 Å². The first-order valence-electron chi connectivity index (χ1n) is 41.8. The molecule has 5 saturated heterocycles. The second kappa shape index (κ2) is 41.3. The summed E-state index contributed by atoms with van der Waals surface area (Å²) >= 11 is 5.49. The quantitative estimate of drug-likeness (QED) is 0.0283. The van der Waals surface area contributed by atoms with Crippen molar-refractivity contribution < 1.29 is 51.9 Å². The van der Waals surface area contributed by atoms with Gasteiger partial charge in [0.05, 0.1) is 106 Å². The second-order valence-corrected chi connectivity index (χ2v) is 35.0. The third-order valence-electron chi connectivity index (χ3n) is 23.9. The highest BCUT2D eigenvalue weighted by Gasteiger charge is 2.45. The van der Waals surface area contributed by atoms with E-state index in [9.17, 15) is 47.1 Å². The number of morpholine rings is 1. The van der Waals surface area contributed by atoms with Crippen LogP contribution in [0, 0.1) is 17.6 Å². The number of nitrogens with one attached hydrogen (secondary N) is 11. The molecule has 33 nitrogen and oxygen atoms in total. The molecule has 664 valence electrons. The van der Waals surface area contributed by atoms with E-state index >= 15 is 0 Å². The van der Waals surface area contributed by atoms with E-state index < -0.39 is 34.2 Å². The van der Waals surface area contributed by atoms with Crippen molar-refractivity contribution in [3.63, 3.8) is 0 Å². The summed E-state index contributed by atoms with van der Waals surface area (Å²) in [5, 5.41) is 56.8. The number of likely N-dealkylation sites (N-methyl/N-ethyl adjacent to an activating group) is 2. The molecule has 0 saturated carbocycles. The van der Waals surface area contributed by atoms with Gasteiger partial charge in [0.15, 0.2) is 0 Å².